The fraction of sp³-hybridized carbons (Fsp3) is 0.300. The molecule has 2 aromatic heterocycles. The molecule has 2 heterocycles. The summed E-state index contributed by atoms with van der Waals surface area (Å²) in [5.74, 6) is 0. The predicted octanol–water partition coefficient (Wildman–Crippen LogP) is 1.56. The molecule has 0 aliphatic carbocycles. The van der Waals surface area contributed by atoms with E-state index in [0.29, 0.717) is 0 Å². The van der Waals surface area contributed by atoms with E-state index in [1.54, 1.807) is 20.0 Å². The van der Waals surface area contributed by atoms with Crippen molar-refractivity contribution in [2.24, 2.45) is 0 Å². The lowest BCUT2D eigenvalue weighted by atomic mass is 10.0. The van der Waals surface area contributed by atoms with Gasteiger partial charge in [0.05, 0.1) is 11.3 Å². The minimum atomic E-state index is -0.833. The van der Waals surface area contributed by atoms with E-state index in [9.17, 15) is 5.11 Å². The maximum absolute atomic E-state index is 9.86. The molecule has 0 unspecified atom stereocenters. The standard InChI is InChI=1S/C10H12N2O/c1-10(2,13)8-4-3-5-9-11-6-7-12(8)9/h3-7,13H,1-2H3. The molecule has 0 aromatic carbocycles. The molecule has 0 aliphatic rings. The minimum Gasteiger partial charge on any atom is -0.384 e. The van der Waals surface area contributed by atoms with Crippen LogP contribution in [0.25, 0.3) is 5.65 Å². The highest BCUT2D eigenvalue weighted by atomic mass is 16.3. The van der Waals surface area contributed by atoms with Crippen LogP contribution in [-0.4, -0.2) is 14.5 Å². The second kappa shape index (κ2) is 2.57. The van der Waals surface area contributed by atoms with Crippen LogP contribution in [0.2, 0.25) is 0 Å². The molecule has 0 amide bonds. The first-order valence-corrected chi connectivity index (χ1v) is 4.24. The predicted molar refractivity (Wildman–Crippen MR) is 50.4 cm³/mol. The van der Waals surface area contributed by atoms with Gasteiger partial charge in [0, 0.05) is 12.4 Å². The zero-order valence-electron chi connectivity index (χ0n) is 7.73. The first-order chi connectivity index (χ1) is 6.09. The quantitative estimate of drug-likeness (QED) is 0.716. The largest absolute Gasteiger partial charge is 0.384 e. The molecule has 0 radical (unpaired) electrons. The Morgan fingerprint density at radius 1 is 1.38 bits per heavy atom. The maximum atomic E-state index is 9.86. The second-order valence-electron chi connectivity index (χ2n) is 3.63. The minimum absolute atomic E-state index is 0.833. The number of aliphatic hydroxyl groups is 1. The number of imidazole rings is 1. The van der Waals surface area contributed by atoms with Gasteiger partial charge in [0.25, 0.3) is 0 Å². The van der Waals surface area contributed by atoms with Gasteiger partial charge in [-0.05, 0) is 26.0 Å². The number of nitrogens with zero attached hydrogens (tertiary/aromatic N) is 2. The molecule has 0 saturated heterocycles. The first-order valence-electron chi connectivity index (χ1n) is 4.24. The van der Waals surface area contributed by atoms with E-state index in [1.165, 1.54) is 0 Å². The van der Waals surface area contributed by atoms with Crippen molar-refractivity contribution in [1.82, 2.24) is 9.38 Å². The van der Waals surface area contributed by atoms with Crippen LogP contribution in [0, 0.1) is 0 Å². The number of rotatable bonds is 1. The maximum Gasteiger partial charge on any atom is 0.136 e. The normalized spacial score (nSPS) is 12.2. The number of hydrogen-bond donors (Lipinski definition) is 1. The van der Waals surface area contributed by atoms with Crippen molar-refractivity contribution in [3.05, 3.63) is 36.3 Å². The van der Waals surface area contributed by atoms with Gasteiger partial charge in [-0.3, -0.25) is 0 Å². The van der Waals surface area contributed by atoms with E-state index in [0.717, 1.165) is 11.3 Å². The lowest BCUT2D eigenvalue weighted by Gasteiger charge is -2.18. The average molecular weight is 176 g/mol. The molecule has 2 rings (SSSR count). The monoisotopic (exact) mass is 176 g/mol. The van der Waals surface area contributed by atoms with Gasteiger partial charge in [-0.15, -0.1) is 0 Å². The van der Waals surface area contributed by atoms with Crippen LogP contribution in [0.15, 0.2) is 30.6 Å². The zero-order chi connectivity index (χ0) is 9.47. The molecule has 0 spiro atoms. The van der Waals surface area contributed by atoms with Gasteiger partial charge in [0.1, 0.15) is 5.65 Å². The Bertz CT molecular complexity index is 426. The molecule has 13 heavy (non-hydrogen) atoms. The molecule has 2 aromatic rings. The molecule has 0 saturated carbocycles. The Kier molecular flexibility index (Phi) is 1.63. The van der Waals surface area contributed by atoms with Gasteiger partial charge in [-0.1, -0.05) is 6.07 Å². The summed E-state index contributed by atoms with van der Waals surface area (Å²) >= 11 is 0. The Morgan fingerprint density at radius 3 is 2.85 bits per heavy atom. The van der Waals surface area contributed by atoms with E-state index >= 15 is 0 Å². The molecule has 1 N–H and O–H groups in total. The van der Waals surface area contributed by atoms with Crippen molar-refractivity contribution >= 4 is 5.65 Å². The van der Waals surface area contributed by atoms with E-state index in [1.807, 2.05) is 28.8 Å². The van der Waals surface area contributed by atoms with Crippen LogP contribution in [0.4, 0.5) is 0 Å². The lowest BCUT2D eigenvalue weighted by Crippen LogP contribution is -2.19. The smallest absolute Gasteiger partial charge is 0.136 e. The molecule has 0 atom stereocenters. The fourth-order valence-electron chi connectivity index (χ4n) is 1.45. The molecular weight excluding hydrogens is 164 g/mol. The van der Waals surface area contributed by atoms with Crippen molar-refractivity contribution < 1.29 is 5.11 Å². The Morgan fingerprint density at radius 2 is 2.15 bits per heavy atom. The third-order valence-electron chi connectivity index (χ3n) is 2.06. The SMILES string of the molecule is CC(C)(O)c1cccc2nccn12. The van der Waals surface area contributed by atoms with E-state index in [4.69, 9.17) is 0 Å². The van der Waals surface area contributed by atoms with Gasteiger partial charge in [0.2, 0.25) is 0 Å². The van der Waals surface area contributed by atoms with E-state index in [2.05, 4.69) is 4.98 Å². The summed E-state index contributed by atoms with van der Waals surface area (Å²) in [6.07, 6.45) is 3.58. The van der Waals surface area contributed by atoms with Crippen molar-refractivity contribution in [2.45, 2.75) is 19.4 Å². The Labute approximate surface area is 76.7 Å². The summed E-state index contributed by atoms with van der Waals surface area (Å²) in [6.45, 7) is 3.53. The van der Waals surface area contributed by atoms with Crippen molar-refractivity contribution in [1.29, 1.82) is 0 Å². The molecule has 68 valence electrons. The van der Waals surface area contributed by atoms with Gasteiger partial charge in [-0.25, -0.2) is 4.98 Å². The summed E-state index contributed by atoms with van der Waals surface area (Å²) in [5.41, 5.74) is 0.877. The summed E-state index contributed by atoms with van der Waals surface area (Å²) in [6, 6.07) is 5.71. The summed E-state index contributed by atoms with van der Waals surface area (Å²) in [4.78, 5) is 4.14. The Balaban J connectivity index is 2.75. The van der Waals surface area contributed by atoms with Crippen LogP contribution in [0.5, 0.6) is 0 Å². The van der Waals surface area contributed by atoms with Crippen LogP contribution in [0.1, 0.15) is 19.5 Å². The third-order valence-corrected chi connectivity index (χ3v) is 2.06. The van der Waals surface area contributed by atoms with Crippen molar-refractivity contribution in [3.63, 3.8) is 0 Å². The van der Waals surface area contributed by atoms with Crippen molar-refractivity contribution in [2.75, 3.05) is 0 Å². The zero-order valence-corrected chi connectivity index (χ0v) is 7.73. The molecule has 0 bridgehead atoms. The van der Waals surface area contributed by atoms with Gasteiger partial charge < -0.3 is 9.51 Å². The third kappa shape index (κ3) is 1.31. The summed E-state index contributed by atoms with van der Waals surface area (Å²) < 4.78 is 1.89. The van der Waals surface area contributed by atoms with Gasteiger partial charge in [0.15, 0.2) is 0 Å². The highest BCUT2D eigenvalue weighted by Crippen LogP contribution is 2.19. The number of fused-ring (bicyclic) bond motifs is 1. The Hall–Kier alpha value is -1.35. The summed E-state index contributed by atoms with van der Waals surface area (Å²) in [7, 11) is 0. The fourth-order valence-corrected chi connectivity index (χ4v) is 1.45. The second-order valence-corrected chi connectivity index (χ2v) is 3.63. The number of hydrogen-bond acceptors (Lipinski definition) is 2. The van der Waals surface area contributed by atoms with Crippen LogP contribution < -0.4 is 0 Å². The highest BCUT2D eigenvalue weighted by molar-refractivity contribution is 5.40. The van der Waals surface area contributed by atoms with Gasteiger partial charge in [-0.2, -0.15) is 0 Å². The summed E-state index contributed by atoms with van der Waals surface area (Å²) in [5, 5.41) is 9.86. The van der Waals surface area contributed by atoms with Crippen LogP contribution in [-0.2, 0) is 5.60 Å². The van der Waals surface area contributed by atoms with Crippen LogP contribution >= 0.6 is 0 Å². The lowest BCUT2D eigenvalue weighted by molar-refractivity contribution is 0.0726. The number of aromatic nitrogens is 2. The van der Waals surface area contributed by atoms with Crippen molar-refractivity contribution in [3.8, 4) is 0 Å². The number of pyridine rings is 1. The van der Waals surface area contributed by atoms with Gasteiger partial charge >= 0.3 is 0 Å². The highest BCUT2D eigenvalue weighted by Gasteiger charge is 2.18. The molecule has 0 aliphatic heterocycles. The average Bonchev–Trinajstić information content (AvgIpc) is 2.48. The molecule has 3 nitrogen and oxygen atoms in total. The van der Waals surface area contributed by atoms with E-state index < -0.39 is 5.60 Å². The molecular formula is C10H12N2O. The van der Waals surface area contributed by atoms with E-state index in [-0.39, 0.29) is 0 Å². The first kappa shape index (κ1) is 8.26. The molecule has 3 heteroatoms. The molecule has 0 fully saturated rings. The van der Waals surface area contributed by atoms with Crippen LogP contribution in [0.3, 0.4) is 0 Å². The topological polar surface area (TPSA) is 37.5 Å².